The molecule has 21 heavy (non-hydrogen) atoms. The van der Waals surface area contributed by atoms with E-state index in [9.17, 15) is 12.8 Å². The van der Waals surface area contributed by atoms with E-state index in [1.807, 2.05) is 0 Å². The van der Waals surface area contributed by atoms with Crippen molar-refractivity contribution >= 4 is 38.6 Å². The molecule has 0 aliphatic carbocycles. The summed E-state index contributed by atoms with van der Waals surface area (Å²) in [6.45, 7) is 0. The van der Waals surface area contributed by atoms with Crippen molar-refractivity contribution in [3.63, 3.8) is 0 Å². The van der Waals surface area contributed by atoms with E-state index >= 15 is 0 Å². The Hall–Kier alpha value is -2.03. The minimum absolute atomic E-state index is 0.0623. The Balaban J connectivity index is 2.33. The van der Waals surface area contributed by atoms with E-state index in [1.54, 1.807) is 12.1 Å². The molecule has 0 fully saturated rings. The van der Waals surface area contributed by atoms with Gasteiger partial charge in [0, 0.05) is 11.3 Å². The molecule has 5 nitrogen and oxygen atoms in total. The van der Waals surface area contributed by atoms with Gasteiger partial charge in [-0.3, -0.25) is 0 Å². The number of hydrogen-bond acceptors (Lipinski definition) is 4. The Kier molecular flexibility index (Phi) is 4.21. The maximum atomic E-state index is 13.9. The van der Waals surface area contributed by atoms with Crippen LogP contribution < -0.4 is 16.2 Å². The minimum atomic E-state index is -3.81. The van der Waals surface area contributed by atoms with Gasteiger partial charge in [-0.1, -0.05) is 18.3 Å². The number of benzene rings is 2. The Bertz CT molecular complexity index is 807. The molecule has 110 valence electrons. The molecule has 0 atom stereocenters. The summed E-state index contributed by atoms with van der Waals surface area (Å²) < 4.78 is 36.5. The molecule has 2 aromatic rings. The van der Waals surface area contributed by atoms with Crippen molar-refractivity contribution in [1.82, 2.24) is 0 Å². The number of rotatable bonds is 4. The third-order valence-electron chi connectivity index (χ3n) is 2.70. The molecule has 0 spiro atoms. The highest BCUT2D eigenvalue weighted by Gasteiger charge is 2.10. The number of nitrogens with one attached hydrogen (secondary N) is 1. The highest BCUT2D eigenvalue weighted by Crippen LogP contribution is 2.22. The predicted octanol–water partition coefficient (Wildman–Crippen LogP) is 1.85. The molecule has 0 aliphatic heterocycles. The fraction of sp³-hybridized carbons (Fsp3) is 0. The van der Waals surface area contributed by atoms with Gasteiger partial charge in [0.05, 0.1) is 10.6 Å². The Morgan fingerprint density at radius 1 is 1.19 bits per heavy atom. The van der Waals surface area contributed by atoms with Crippen molar-refractivity contribution < 1.29 is 12.8 Å². The average molecular weight is 325 g/mol. The van der Waals surface area contributed by atoms with Crippen LogP contribution in [0.5, 0.6) is 0 Å². The van der Waals surface area contributed by atoms with Gasteiger partial charge in [0.2, 0.25) is 10.0 Å². The largest absolute Gasteiger partial charge is 0.389 e. The molecule has 0 saturated heterocycles. The second kappa shape index (κ2) is 5.76. The van der Waals surface area contributed by atoms with Gasteiger partial charge in [-0.2, -0.15) is 0 Å². The number of sulfonamides is 1. The maximum Gasteiger partial charge on any atom is 0.238 e. The normalized spacial score (nSPS) is 11.1. The summed E-state index contributed by atoms with van der Waals surface area (Å²) >= 11 is 4.76. The standard InChI is InChI=1S/C13H12FN3O2S2/c14-11-6-8(13(15)20)4-5-12(11)17-9-2-1-3-10(7-9)21(16,18)19/h1-7,17H,(H2,15,20)(H2,16,18,19). The topological polar surface area (TPSA) is 98.2 Å². The fourth-order valence-corrected chi connectivity index (χ4v) is 2.36. The van der Waals surface area contributed by atoms with Crippen LogP contribution in [0.1, 0.15) is 5.56 Å². The first kappa shape index (κ1) is 15.4. The lowest BCUT2D eigenvalue weighted by Gasteiger charge is -2.10. The molecule has 0 amide bonds. The van der Waals surface area contributed by atoms with E-state index in [1.165, 1.54) is 30.3 Å². The summed E-state index contributed by atoms with van der Waals surface area (Å²) in [5.74, 6) is -0.554. The molecule has 8 heteroatoms. The summed E-state index contributed by atoms with van der Waals surface area (Å²) in [5.41, 5.74) is 6.39. The van der Waals surface area contributed by atoms with Gasteiger partial charge in [-0.05, 0) is 36.4 Å². The molecular weight excluding hydrogens is 313 g/mol. The first-order valence-corrected chi connectivity index (χ1v) is 7.72. The average Bonchev–Trinajstić information content (AvgIpc) is 2.40. The van der Waals surface area contributed by atoms with Crippen LogP contribution in [0.15, 0.2) is 47.4 Å². The van der Waals surface area contributed by atoms with Crippen molar-refractivity contribution in [2.75, 3.05) is 5.32 Å². The van der Waals surface area contributed by atoms with Gasteiger partial charge in [0.1, 0.15) is 10.8 Å². The number of thiocarbonyl (C=S) groups is 1. The van der Waals surface area contributed by atoms with Crippen LogP contribution >= 0.6 is 12.2 Å². The molecule has 0 saturated carbocycles. The van der Waals surface area contributed by atoms with E-state index in [4.69, 9.17) is 23.1 Å². The Morgan fingerprint density at radius 2 is 1.90 bits per heavy atom. The van der Waals surface area contributed by atoms with Crippen LogP contribution in [0.25, 0.3) is 0 Å². The van der Waals surface area contributed by atoms with E-state index in [0.29, 0.717) is 11.3 Å². The molecule has 0 heterocycles. The second-order valence-corrected chi connectivity index (χ2v) is 6.26. The van der Waals surface area contributed by atoms with Gasteiger partial charge < -0.3 is 11.1 Å². The van der Waals surface area contributed by atoms with Crippen LogP contribution in [0.3, 0.4) is 0 Å². The first-order chi connectivity index (χ1) is 9.77. The van der Waals surface area contributed by atoms with Crippen LogP contribution in [-0.4, -0.2) is 13.4 Å². The summed E-state index contributed by atoms with van der Waals surface area (Å²) in [7, 11) is -3.81. The lowest BCUT2D eigenvalue weighted by molar-refractivity contribution is 0.598. The first-order valence-electron chi connectivity index (χ1n) is 5.76. The number of nitrogens with two attached hydrogens (primary N) is 2. The highest BCUT2D eigenvalue weighted by atomic mass is 32.2. The maximum absolute atomic E-state index is 13.9. The van der Waals surface area contributed by atoms with Crippen molar-refractivity contribution in [3.05, 3.63) is 53.8 Å². The second-order valence-electron chi connectivity index (χ2n) is 4.26. The van der Waals surface area contributed by atoms with Crippen molar-refractivity contribution in [2.45, 2.75) is 4.90 Å². The molecule has 0 aliphatic rings. The van der Waals surface area contributed by atoms with Gasteiger partial charge in [-0.15, -0.1) is 0 Å². The van der Waals surface area contributed by atoms with E-state index in [0.717, 1.165) is 0 Å². The third-order valence-corrected chi connectivity index (χ3v) is 3.84. The van der Waals surface area contributed by atoms with Gasteiger partial charge in [0.15, 0.2) is 0 Å². The lowest BCUT2D eigenvalue weighted by Crippen LogP contribution is -2.12. The number of halogens is 1. The van der Waals surface area contributed by atoms with E-state index < -0.39 is 15.8 Å². The third kappa shape index (κ3) is 3.75. The number of primary sulfonamides is 1. The zero-order valence-electron chi connectivity index (χ0n) is 10.7. The molecule has 0 unspecified atom stereocenters. The molecule has 2 aromatic carbocycles. The number of anilines is 2. The van der Waals surface area contributed by atoms with Crippen LogP contribution in [-0.2, 0) is 10.0 Å². The minimum Gasteiger partial charge on any atom is -0.389 e. The zero-order chi connectivity index (χ0) is 15.6. The smallest absolute Gasteiger partial charge is 0.238 e. The molecule has 5 N–H and O–H groups in total. The fourth-order valence-electron chi connectivity index (χ4n) is 1.68. The number of hydrogen-bond donors (Lipinski definition) is 3. The highest BCUT2D eigenvalue weighted by molar-refractivity contribution is 7.89. The van der Waals surface area contributed by atoms with E-state index in [-0.39, 0.29) is 15.6 Å². The summed E-state index contributed by atoms with van der Waals surface area (Å²) in [6, 6.07) is 10.0. The molecule has 0 radical (unpaired) electrons. The van der Waals surface area contributed by atoms with Crippen molar-refractivity contribution in [3.8, 4) is 0 Å². The SMILES string of the molecule is NC(=S)c1ccc(Nc2cccc(S(N)(=O)=O)c2)c(F)c1. The van der Waals surface area contributed by atoms with Gasteiger partial charge in [0.25, 0.3) is 0 Å². The summed E-state index contributed by atoms with van der Waals surface area (Å²) in [4.78, 5) is 0.0318. The summed E-state index contributed by atoms with van der Waals surface area (Å²) in [6.07, 6.45) is 0. The van der Waals surface area contributed by atoms with Crippen LogP contribution in [0.4, 0.5) is 15.8 Å². The molecular formula is C13H12FN3O2S2. The predicted molar refractivity (Wildman–Crippen MR) is 83.4 cm³/mol. The monoisotopic (exact) mass is 325 g/mol. The van der Waals surface area contributed by atoms with Gasteiger partial charge >= 0.3 is 0 Å². The van der Waals surface area contributed by atoms with Crippen molar-refractivity contribution in [2.24, 2.45) is 10.9 Å². The molecule has 2 rings (SSSR count). The van der Waals surface area contributed by atoms with Crippen molar-refractivity contribution in [1.29, 1.82) is 0 Å². The summed E-state index contributed by atoms with van der Waals surface area (Å²) in [5, 5.41) is 7.82. The van der Waals surface area contributed by atoms with Crippen LogP contribution in [0, 0.1) is 5.82 Å². The zero-order valence-corrected chi connectivity index (χ0v) is 12.3. The van der Waals surface area contributed by atoms with Gasteiger partial charge in [-0.25, -0.2) is 17.9 Å². The quantitative estimate of drug-likeness (QED) is 0.745. The molecule has 0 aromatic heterocycles. The Labute approximate surface area is 126 Å². The van der Waals surface area contributed by atoms with Crippen LogP contribution in [0.2, 0.25) is 0 Å². The molecule has 0 bridgehead atoms. The van der Waals surface area contributed by atoms with E-state index in [2.05, 4.69) is 5.32 Å². The Morgan fingerprint density at radius 3 is 2.48 bits per heavy atom. The lowest BCUT2D eigenvalue weighted by atomic mass is 10.2.